The van der Waals surface area contributed by atoms with E-state index in [0.717, 1.165) is 69.9 Å². The van der Waals surface area contributed by atoms with E-state index in [4.69, 9.17) is 4.98 Å². The molecule has 2 saturated heterocycles. The minimum atomic E-state index is -4.51. The third kappa shape index (κ3) is 4.14. The molecular formula is C23H28F3N5O2S. The molecule has 2 aromatic rings. The molecule has 0 N–H and O–H groups in total. The lowest BCUT2D eigenvalue weighted by molar-refractivity contribution is -0.141. The van der Waals surface area contributed by atoms with Gasteiger partial charge >= 0.3 is 6.18 Å². The van der Waals surface area contributed by atoms with E-state index in [9.17, 15) is 21.6 Å². The summed E-state index contributed by atoms with van der Waals surface area (Å²) < 4.78 is 64.7. The lowest BCUT2D eigenvalue weighted by Crippen LogP contribution is -2.55. The summed E-state index contributed by atoms with van der Waals surface area (Å²) in [7, 11) is -2.81. The Balaban J connectivity index is 1.18. The number of alkyl halides is 3. The number of likely N-dealkylation sites (tertiary alicyclic amines) is 1. The van der Waals surface area contributed by atoms with Crippen LogP contribution in [0.15, 0.2) is 18.2 Å². The number of pyridine rings is 1. The second-order valence-electron chi connectivity index (χ2n) is 10.6. The van der Waals surface area contributed by atoms with Crippen LogP contribution < -0.4 is 0 Å². The highest BCUT2D eigenvalue weighted by Crippen LogP contribution is 2.46. The Morgan fingerprint density at radius 1 is 0.971 bits per heavy atom. The Kier molecular flexibility index (Phi) is 5.11. The summed E-state index contributed by atoms with van der Waals surface area (Å²) in [6.45, 7) is 1.86. The molecule has 2 aromatic heterocycles. The summed E-state index contributed by atoms with van der Waals surface area (Å²) in [6, 6.07) is 4.55. The fourth-order valence-electron chi connectivity index (χ4n) is 6.09. The molecule has 2 atom stereocenters. The summed E-state index contributed by atoms with van der Waals surface area (Å²) in [4.78, 5) is 11.0. The van der Waals surface area contributed by atoms with Crippen molar-refractivity contribution in [3.8, 4) is 11.5 Å². The smallest absolute Gasteiger partial charge is 0.300 e. The number of aromatic nitrogens is 4. The molecule has 2 aliphatic heterocycles. The summed E-state index contributed by atoms with van der Waals surface area (Å²) in [6.07, 6.45) is 2.37. The molecule has 0 amide bonds. The molecule has 7 nitrogen and oxygen atoms in total. The Hall–Kier alpha value is -2.01. The third-order valence-electron chi connectivity index (χ3n) is 8.02. The highest BCUT2D eigenvalue weighted by Gasteiger charge is 2.50. The maximum Gasteiger partial charge on any atom is 0.433 e. The Labute approximate surface area is 196 Å². The predicted molar refractivity (Wildman–Crippen MR) is 119 cm³/mol. The van der Waals surface area contributed by atoms with Gasteiger partial charge in [-0.1, -0.05) is 6.07 Å². The summed E-state index contributed by atoms with van der Waals surface area (Å²) in [5.41, 5.74) is -0.772. The average Bonchev–Trinajstić information content (AvgIpc) is 3.32. The van der Waals surface area contributed by atoms with Gasteiger partial charge in [-0.2, -0.15) is 13.2 Å². The van der Waals surface area contributed by atoms with Gasteiger partial charge in [0, 0.05) is 17.4 Å². The zero-order chi connectivity index (χ0) is 23.7. The maximum atomic E-state index is 13.1. The molecule has 0 bridgehead atoms. The standard InChI is InChI=1S/C23H28F3N5O2S/c24-23(25,26)19-3-1-2-18(27-19)20-28-21(31(29-20)16-6-7-16)15-4-5-17(12-15)30-10-8-22(9-11-30)13-34(32,33)14-22/h1-3,15-17H,4-14H2/t15-,17+/m0/s1. The molecule has 4 fully saturated rings. The van der Waals surface area contributed by atoms with Crippen molar-refractivity contribution in [3.63, 3.8) is 0 Å². The molecule has 2 saturated carbocycles. The number of sulfone groups is 1. The number of halogens is 3. The van der Waals surface area contributed by atoms with Gasteiger partial charge in [0.15, 0.2) is 15.7 Å². The molecule has 4 heterocycles. The molecule has 0 aromatic carbocycles. The predicted octanol–water partition coefficient (Wildman–Crippen LogP) is 3.84. The summed E-state index contributed by atoms with van der Waals surface area (Å²) >= 11 is 0. The molecule has 0 radical (unpaired) electrons. The Morgan fingerprint density at radius 2 is 1.68 bits per heavy atom. The van der Waals surface area contributed by atoms with Crippen molar-refractivity contribution in [1.29, 1.82) is 0 Å². The van der Waals surface area contributed by atoms with Crippen molar-refractivity contribution in [3.05, 3.63) is 29.7 Å². The number of piperidine rings is 1. The normalized spacial score (nSPS) is 28.8. The summed E-state index contributed by atoms with van der Waals surface area (Å²) in [5.74, 6) is 2.05. The number of nitrogens with zero attached hydrogens (tertiary/aromatic N) is 5. The minimum Gasteiger partial charge on any atom is -0.300 e. The first-order valence-corrected chi connectivity index (χ1v) is 13.9. The van der Waals surface area contributed by atoms with Crippen LogP contribution in [0.25, 0.3) is 11.5 Å². The van der Waals surface area contributed by atoms with Crippen LogP contribution in [0, 0.1) is 5.41 Å². The minimum absolute atomic E-state index is 0.00629. The first-order valence-electron chi connectivity index (χ1n) is 12.1. The van der Waals surface area contributed by atoms with Crippen LogP contribution >= 0.6 is 0 Å². The van der Waals surface area contributed by atoms with Gasteiger partial charge in [0.05, 0.1) is 17.5 Å². The number of rotatable bonds is 4. The molecular weight excluding hydrogens is 467 g/mol. The van der Waals surface area contributed by atoms with Gasteiger partial charge in [-0.15, -0.1) is 5.10 Å². The van der Waals surface area contributed by atoms with E-state index in [0.29, 0.717) is 17.5 Å². The van der Waals surface area contributed by atoms with Crippen LogP contribution in [0.4, 0.5) is 13.2 Å². The third-order valence-corrected chi connectivity index (χ3v) is 10.1. The van der Waals surface area contributed by atoms with Gasteiger partial charge in [-0.05, 0) is 70.2 Å². The van der Waals surface area contributed by atoms with E-state index >= 15 is 0 Å². The largest absolute Gasteiger partial charge is 0.433 e. The molecule has 184 valence electrons. The maximum absolute atomic E-state index is 13.1. The van der Waals surface area contributed by atoms with Crippen LogP contribution in [0.1, 0.15) is 68.4 Å². The Bertz CT molecular complexity index is 1190. The Morgan fingerprint density at radius 3 is 2.32 bits per heavy atom. The highest BCUT2D eigenvalue weighted by molar-refractivity contribution is 7.92. The fraction of sp³-hybridized carbons (Fsp3) is 0.696. The van der Waals surface area contributed by atoms with E-state index in [1.807, 2.05) is 4.68 Å². The second-order valence-corrected chi connectivity index (χ2v) is 12.7. The van der Waals surface area contributed by atoms with E-state index < -0.39 is 21.7 Å². The quantitative estimate of drug-likeness (QED) is 0.641. The molecule has 2 aliphatic carbocycles. The van der Waals surface area contributed by atoms with Crippen LogP contribution in [0.5, 0.6) is 0 Å². The summed E-state index contributed by atoms with van der Waals surface area (Å²) in [5, 5.41) is 4.60. The molecule has 34 heavy (non-hydrogen) atoms. The highest BCUT2D eigenvalue weighted by atomic mass is 32.2. The molecule has 6 rings (SSSR count). The van der Waals surface area contributed by atoms with Crippen molar-refractivity contribution < 1.29 is 21.6 Å². The topological polar surface area (TPSA) is 81.0 Å². The van der Waals surface area contributed by atoms with Crippen molar-refractivity contribution >= 4 is 9.84 Å². The number of hydrogen-bond acceptors (Lipinski definition) is 6. The van der Waals surface area contributed by atoms with Crippen LogP contribution in [-0.2, 0) is 16.0 Å². The van der Waals surface area contributed by atoms with Gasteiger partial charge < -0.3 is 4.90 Å². The van der Waals surface area contributed by atoms with Gasteiger partial charge in [-0.3, -0.25) is 0 Å². The first-order chi connectivity index (χ1) is 16.1. The second kappa shape index (κ2) is 7.74. The van der Waals surface area contributed by atoms with Gasteiger partial charge in [0.2, 0.25) is 0 Å². The first kappa shape index (κ1) is 22.5. The lowest BCUT2D eigenvalue weighted by Gasteiger charge is -2.48. The molecule has 0 unspecified atom stereocenters. The average molecular weight is 496 g/mol. The van der Waals surface area contributed by atoms with Gasteiger partial charge in [0.25, 0.3) is 0 Å². The van der Waals surface area contributed by atoms with E-state index in [-0.39, 0.29) is 28.9 Å². The fourth-order valence-corrected chi connectivity index (χ4v) is 8.45. The van der Waals surface area contributed by atoms with Gasteiger partial charge in [0.1, 0.15) is 17.2 Å². The monoisotopic (exact) mass is 495 g/mol. The number of hydrogen-bond donors (Lipinski definition) is 0. The van der Waals surface area contributed by atoms with Gasteiger partial charge in [-0.25, -0.2) is 23.1 Å². The van der Waals surface area contributed by atoms with Crippen LogP contribution in [0.3, 0.4) is 0 Å². The molecule has 1 spiro atoms. The van der Waals surface area contributed by atoms with E-state index in [1.54, 1.807) is 0 Å². The van der Waals surface area contributed by atoms with Crippen molar-refractivity contribution in [1.82, 2.24) is 24.6 Å². The van der Waals surface area contributed by atoms with Crippen LogP contribution in [-0.4, -0.2) is 63.7 Å². The molecule has 4 aliphatic rings. The SMILES string of the molecule is O=S1(=O)CC2(CCN([C@@H]3CC[C@H](c4nc(-c5cccc(C(F)(F)F)n5)nn4C4CC4)C3)CC2)C1. The van der Waals surface area contributed by atoms with E-state index in [1.165, 1.54) is 12.1 Å². The van der Waals surface area contributed by atoms with Crippen molar-refractivity contribution in [2.45, 2.75) is 69.1 Å². The van der Waals surface area contributed by atoms with E-state index in [2.05, 4.69) is 15.0 Å². The molecule has 11 heteroatoms. The van der Waals surface area contributed by atoms with Crippen molar-refractivity contribution in [2.24, 2.45) is 5.41 Å². The zero-order valence-corrected chi connectivity index (χ0v) is 19.7. The van der Waals surface area contributed by atoms with Crippen molar-refractivity contribution in [2.75, 3.05) is 24.6 Å². The lowest BCUT2D eigenvalue weighted by atomic mass is 9.80. The zero-order valence-electron chi connectivity index (χ0n) is 18.8. The van der Waals surface area contributed by atoms with Crippen LogP contribution in [0.2, 0.25) is 0 Å².